The molecule has 0 aliphatic rings. The number of nitrogens with one attached hydrogen (secondary N) is 1. The molecule has 2 N–H and O–H groups in total. The third-order valence-electron chi connectivity index (χ3n) is 2.78. The molecule has 0 unspecified atom stereocenters. The lowest BCUT2D eigenvalue weighted by molar-refractivity contribution is 0.371. The molecule has 0 saturated carbocycles. The number of aromatic hydroxyl groups is 1. The van der Waals surface area contributed by atoms with Gasteiger partial charge in [-0.25, -0.2) is 0 Å². The molecule has 0 bridgehead atoms. The van der Waals surface area contributed by atoms with Gasteiger partial charge in [-0.15, -0.1) is 0 Å². The first-order chi connectivity index (χ1) is 9.92. The first-order valence-electron chi connectivity index (χ1n) is 5.86. The largest absolute Gasteiger partial charge is 0.503 e. The molecule has 2 rings (SSSR count). The third kappa shape index (κ3) is 4.15. The highest BCUT2D eigenvalue weighted by Gasteiger charge is 2.10. The van der Waals surface area contributed by atoms with Crippen molar-refractivity contribution in [3.8, 4) is 11.5 Å². The Hall–Kier alpha value is -0.240. The molecule has 0 radical (unpaired) electrons. The molecule has 112 valence electrons. The Morgan fingerprint density at radius 3 is 2.19 bits per heavy atom. The molecule has 0 saturated heterocycles. The predicted octanol–water partition coefficient (Wildman–Crippen LogP) is 6.06. The minimum absolute atomic E-state index is 0.104. The van der Waals surface area contributed by atoms with Crippen LogP contribution in [0.1, 0.15) is 5.56 Å². The molecule has 0 amide bonds. The summed E-state index contributed by atoms with van der Waals surface area (Å²) >= 11 is 13.8. The first-order valence-corrected chi connectivity index (χ1v) is 9.03. The molecule has 3 nitrogen and oxygen atoms in total. The van der Waals surface area contributed by atoms with E-state index in [4.69, 9.17) is 4.74 Å². The van der Waals surface area contributed by atoms with Gasteiger partial charge < -0.3 is 15.2 Å². The van der Waals surface area contributed by atoms with Crippen LogP contribution >= 0.6 is 63.7 Å². The number of rotatable bonds is 4. The number of phenolic OH excluding ortho intramolecular Hbond substituents is 1. The highest BCUT2D eigenvalue weighted by atomic mass is 79.9. The molecule has 21 heavy (non-hydrogen) atoms. The maximum Gasteiger partial charge on any atom is 0.172 e. The Bertz CT molecular complexity index is 653. The molecular formula is C14H11Br4NO2. The van der Waals surface area contributed by atoms with Crippen molar-refractivity contribution < 1.29 is 9.84 Å². The number of benzene rings is 2. The van der Waals surface area contributed by atoms with Crippen molar-refractivity contribution in [3.05, 3.63) is 47.7 Å². The van der Waals surface area contributed by atoms with Crippen LogP contribution < -0.4 is 10.1 Å². The molecule has 7 heteroatoms. The van der Waals surface area contributed by atoms with Crippen molar-refractivity contribution in [1.29, 1.82) is 0 Å². The lowest BCUT2D eigenvalue weighted by Crippen LogP contribution is -2.01. The normalized spacial score (nSPS) is 10.5. The summed E-state index contributed by atoms with van der Waals surface area (Å²) in [6, 6.07) is 7.60. The van der Waals surface area contributed by atoms with E-state index in [0.29, 0.717) is 16.8 Å². The van der Waals surface area contributed by atoms with E-state index < -0.39 is 0 Å². The highest BCUT2D eigenvalue weighted by molar-refractivity contribution is 9.11. The molecule has 0 spiro atoms. The van der Waals surface area contributed by atoms with Crippen molar-refractivity contribution in [2.24, 2.45) is 0 Å². The number of ether oxygens (including phenoxy) is 1. The Morgan fingerprint density at radius 2 is 1.62 bits per heavy atom. The van der Waals surface area contributed by atoms with Crippen molar-refractivity contribution in [2.45, 2.75) is 6.54 Å². The molecule has 0 atom stereocenters. The van der Waals surface area contributed by atoms with E-state index in [1.54, 1.807) is 6.07 Å². The third-order valence-corrected chi connectivity index (χ3v) is 5.10. The zero-order valence-corrected chi connectivity index (χ0v) is 17.2. The Morgan fingerprint density at radius 1 is 1.00 bits per heavy atom. The minimum atomic E-state index is 0.104. The van der Waals surface area contributed by atoms with Gasteiger partial charge in [0.15, 0.2) is 11.5 Å². The fraction of sp³-hybridized carbons (Fsp3) is 0.143. The van der Waals surface area contributed by atoms with Gasteiger partial charge in [0.2, 0.25) is 0 Å². The van der Waals surface area contributed by atoms with Crippen LogP contribution in [-0.2, 0) is 6.54 Å². The Balaban J connectivity index is 2.23. The van der Waals surface area contributed by atoms with Gasteiger partial charge in [-0.3, -0.25) is 0 Å². The topological polar surface area (TPSA) is 41.5 Å². The smallest absolute Gasteiger partial charge is 0.172 e. The molecule has 0 aliphatic heterocycles. The van der Waals surface area contributed by atoms with Crippen LogP contribution in [0.2, 0.25) is 0 Å². The van der Waals surface area contributed by atoms with Crippen LogP contribution in [0.5, 0.6) is 11.5 Å². The van der Waals surface area contributed by atoms with Gasteiger partial charge in [-0.2, -0.15) is 0 Å². The number of methoxy groups -OCH3 is 1. The average molecular weight is 545 g/mol. The van der Waals surface area contributed by atoms with Crippen LogP contribution in [0.3, 0.4) is 0 Å². The average Bonchev–Trinajstić information content (AvgIpc) is 2.41. The molecule has 0 heterocycles. The summed E-state index contributed by atoms with van der Waals surface area (Å²) < 4.78 is 8.65. The first kappa shape index (κ1) is 17.1. The second-order valence-electron chi connectivity index (χ2n) is 4.23. The second kappa shape index (κ2) is 7.35. The molecule has 0 aromatic heterocycles. The maximum atomic E-state index is 9.81. The Labute approximate surface area is 156 Å². The van der Waals surface area contributed by atoms with Crippen molar-refractivity contribution >= 4 is 69.4 Å². The summed E-state index contributed by atoms with van der Waals surface area (Å²) in [5.41, 5.74) is 1.94. The van der Waals surface area contributed by atoms with Gasteiger partial charge in [-0.05, 0) is 77.6 Å². The summed E-state index contributed by atoms with van der Waals surface area (Å²) in [5.74, 6) is 0.544. The van der Waals surface area contributed by atoms with E-state index in [9.17, 15) is 5.11 Å². The molecule has 0 aliphatic carbocycles. The molecule has 2 aromatic rings. The summed E-state index contributed by atoms with van der Waals surface area (Å²) in [4.78, 5) is 0. The van der Waals surface area contributed by atoms with Crippen LogP contribution in [0.15, 0.2) is 42.2 Å². The monoisotopic (exact) mass is 541 g/mol. The van der Waals surface area contributed by atoms with Crippen molar-refractivity contribution in [1.82, 2.24) is 0 Å². The number of hydrogen-bond donors (Lipinski definition) is 2. The summed E-state index contributed by atoms with van der Waals surface area (Å²) in [6.45, 7) is 0.591. The zero-order chi connectivity index (χ0) is 15.6. The van der Waals surface area contributed by atoms with Crippen molar-refractivity contribution in [3.63, 3.8) is 0 Å². The fourth-order valence-electron chi connectivity index (χ4n) is 1.79. The number of anilines is 1. The predicted molar refractivity (Wildman–Crippen MR) is 99.2 cm³/mol. The zero-order valence-electron chi connectivity index (χ0n) is 10.9. The Kier molecular flexibility index (Phi) is 5.99. The van der Waals surface area contributed by atoms with E-state index in [2.05, 4.69) is 69.0 Å². The standard InChI is InChI=1S/C14H11Br4NO2/c1-21-12-3-7(2-11(18)14(12)20)6-19-13-9(16)4-8(15)5-10(13)17/h2-5,19-20H,6H2,1H3. The van der Waals surface area contributed by atoms with Gasteiger partial charge in [-0.1, -0.05) is 15.9 Å². The summed E-state index contributed by atoms with van der Waals surface area (Å²) in [6.07, 6.45) is 0. The van der Waals surface area contributed by atoms with Crippen molar-refractivity contribution in [2.75, 3.05) is 12.4 Å². The second-order valence-corrected chi connectivity index (χ2v) is 7.71. The van der Waals surface area contributed by atoms with Crippen LogP contribution in [0.4, 0.5) is 5.69 Å². The van der Waals surface area contributed by atoms with E-state index in [-0.39, 0.29) is 5.75 Å². The minimum Gasteiger partial charge on any atom is -0.503 e. The van der Waals surface area contributed by atoms with Crippen LogP contribution in [-0.4, -0.2) is 12.2 Å². The molecule has 0 fully saturated rings. The van der Waals surface area contributed by atoms with E-state index in [1.165, 1.54) is 7.11 Å². The number of phenols is 1. The lowest BCUT2D eigenvalue weighted by Gasteiger charge is -2.13. The summed E-state index contributed by atoms with van der Waals surface area (Å²) in [7, 11) is 1.53. The van der Waals surface area contributed by atoms with E-state index in [1.807, 2.05) is 18.2 Å². The van der Waals surface area contributed by atoms with Crippen LogP contribution in [0, 0.1) is 0 Å². The van der Waals surface area contributed by atoms with Crippen LogP contribution in [0.25, 0.3) is 0 Å². The van der Waals surface area contributed by atoms with E-state index >= 15 is 0 Å². The fourth-order valence-corrected chi connectivity index (χ4v) is 4.81. The van der Waals surface area contributed by atoms with Gasteiger partial charge in [0, 0.05) is 20.0 Å². The molecule has 2 aromatic carbocycles. The summed E-state index contributed by atoms with van der Waals surface area (Å²) in [5, 5.41) is 13.2. The van der Waals surface area contributed by atoms with E-state index in [0.717, 1.165) is 24.7 Å². The lowest BCUT2D eigenvalue weighted by atomic mass is 10.2. The van der Waals surface area contributed by atoms with Gasteiger partial charge in [0.05, 0.1) is 17.3 Å². The van der Waals surface area contributed by atoms with Gasteiger partial charge >= 0.3 is 0 Å². The van der Waals surface area contributed by atoms with Gasteiger partial charge in [0.1, 0.15) is 0 Å². The number of halogens is 4. The molecular weight excluding hydrogens is 534 g/mol. The quantitative estimate of drug-likeness (QED) is 0.491. The SMILES string of the molecule is COc1cc(CNc2c(Br)cc(Br)cc2Br)cc(Br)c1O. The number of hydrogen-bond acceptors (Lipinski definition) is 3. The maximum absolute atomic E-state index is 9.81. The van der Waals surface area contributed by atoms with Gasteiger partial charge in [0.25, 0.3) is 0 Å². The highest BCUT2D eigenvalue weighted by Crippen LogP contribution is 2.37.